The molecule has 96 valence electrons. The normalized spacial score (nSPS) is 12.9. The van der Waals surface area contributed by atoms with Crippen molar-refractivity contribution in [2.45, 2.75) is 26.1 Å². The maximum absolute atomic E-state index is 5.82. The van der Waals surface area contributed by atoms with Crippen LogP contribution in [0.2, 0.25) is 0 Å². The molecule has 1 aromatic carbocycles. The molecule has 1 atom stereocenters. The molecular weight excluding hydrogens is 242 g/mol. The topological polar surface area (TPSA) is 42.1 Å². The van der Waals surface area contributed by atoms with Crippen molar-refractivity contribution in [2.75, 3.05) is 7.05 Å². The number of hydrogen-bond donors (Lipinski definition) is 1. The summed E-state index contributed by atoms with van der Waals surface area (Å²) in [6.07, 6.45) is 0. The summed E-state index contributed by atoms with van der Waals surface area (Å²) >= 11 is 1.64. The minimum atomic E-state index is 0.0307. The molecule has 0 saturated heterocycles. The van der Waals surface area contributed by atoms with Crippen LogP contribution in [0, 0.1) is 0 Å². The number of hydrogen-bond acceptors (Lipinski definition) is 4. The summed E-state index contributed by atoms with van der Waals surface area (Å²) in [6, 6.07) is 10.5. The number of aromatic nitrogens is 1. The van der Waals surface area contributed by atoms with Gasteiger partial charge in [-0.05, 0) is 19.5 Å². The van der Waals surface area contributed by atoms with Gasteiger partial charge in [0.2, 0.25) is 0 Å². The molecule has 0 aliphatic carbocycles. The van der Waals surface area contributed by atoms with Gasteiger partial charge in [0.25, 0.3) is 0 Å². The highest BCUT2D eigenvalue weighted by Gasteiger charge is 2.08. The Morgan fingerprint density at radius 3 is 2.61 bits per heavy atom. The van der Waals surface area contributed by atoms with E-state index in [2.05, 4.69) is 46.6 Å². The molecule has 2 aromatic rings. The van der Waals surface area contributed by atoms with E-state index in [1.54, 1.807) is 11.3 Å². The zero-order valence-corrected chi connectivity index (χ0v) is 11.7. The van der Waals surface area contributed by atoms with Gasteiger partial charge < -0.3 is 5.73 Å². The summed E-state index contributed by atoms with van der Waals surface area (Å²) < 4.78 is 0. The molecule has 3 nitrogen and oxygen atoms in total. The fraction of sp³-hybridized carbons (Fsp3) is 0.357. The lowest BCUT2D eigenvalue weighted by atomic mass is 10.2. The van der Waals surface area contributed by atoms with E-state index >= 15 is 0 Å². The molecule has 1 unspecified atom stereocenters. The van der Waals surface area contributed by atoms with E-state index < -0.39 is 0 Å². The second-order valence-corrected chi connectivity index (χ2v) is 5.51. The van der Waals surface area contributed by atoms with Gasteiger partial charge in [-0.3, -0.25) is 4.90 Å². The third-order valence-electron chi connectivity index (χ3n) is 2.69. The molecule has 0 aliphatic rings. The first-order valence-electron chi connectivity index (χ1n) is 6.07. The Morgan fingerprint density at radius 1 is 1.28 bits per heavy atom. The molecular formula is C14H19N3S. The maximum atomic E-state index is 5.82. The molecule has 0 saturated carbocycles. The Balaban J connectivity index is 1.92. The SMILES string of the molecule is CC(N)c1nc(CN(C)Cc2ccccc2)cs1. The van der Waals surface area contributed by atoms with Crippen LogP contribution in [-0.2, 0) is 13.1 Å². The Kier molecular flexibility index (Phi) is 4.47. The lowest BCUT2D eigenvalue weighted by Crippen LogP contribution is -2.17. The first-order valence-corrected chi connectivity index (χ1v) is 6.95. The van der Waals surface area contributed by atoms with Crippen molar-refractivity contribution < 1.29 is 0 Å². The van der Waals surface area contributed by atoms with E-state index in [4.69, 9.17) is 5.73 Å². The van der Waals surface area contributed by atoms with E-state index in [1.807, 2.05) is 13.0 Å². The van der Waals surface area contributed by atoms with Gasteiger partial charge in [0, 0.05) is 18.5 Å². The van der Waals surface area contributed by atoms with Crippen LogP contribution in [0.15, 0.2) is 35.7 Å². The molecule has 1 heterocycles. The van der Waals surface area contributed by atoms with Gasteiger partial charge in [-0.2, -0.15) is 0 Å². The third-order valence-corrected chi connectivity index (χ3v) is 3.78. The summed E-state index contributed by atoms with van der Waals surface area (Å²) in [7, 11) is 2.11. The lowest BCUT2D eigenvalue weighted by molar-refractivity contribution is 0.315. The molecule has 2 N–H and O–H groups in total. The minimum Gasteiger partial charge on any atom is -0.322 e. The average molecular weight is 261 g/mol. The first kappa shape index (κ1) is 13.2. The van der Waals surface area contributed by atoms with Crippen LogP contribution in [-0.4, -0.2) is 16.9 Å². The molecule has 1 aromatic heterocycles. The third kappa shape index (κ3) is 3.63. The highest BCUT2D eigenvalue weighted by molar-refractivity contribution is 7.09. The number of nitrogens with two attached hydrogens (primary N) is 1. The molecule has 0 bridgehead atoms. The second kappa shape index (κ2) is 6.09. The van der Waals surface area contributed by atoms with Crippen molar-refractivity contribution in [3.8, 4) is 0 Å². The van der Waals surface area contributed by atoms with Crippen LogP contribution >= 0.6 is 11.3 Å². The fourth-order valence-electron chi connectivity index (χ4n) is 1.83. The predicted octanol–water partition coefficient (Wildman–Crippen LogP) is 2.79. The van der Waals surface area contributed by atoms with Crippen molar-refractivity contribution in [2.24, 2.45) is 5.73 Å². The smallest absolute Gasteiger partial charge is 0.109 e. The molecule has 0 spiro atoms. The highest BCUT2D eigenvalue weighted by atomic mass is 32.1. The first-order chi connectivity index (χ1) is 8.65. The Morgan fingerprint density at radius 2 is 2.00 bits per heavy atom. The predicted molar refractivity (Wildman–Crippen MR) is 76.3 cm³/mol. The zero-order chi connectivity index (χ0) is 13.0. The number of thiazole rings is 1. The van der Waals surface area contributed by atoms with Crippen LogP contribution in [0.5, 0.6) is 0 Å². The van der Waals surface area contributed by atoms with Gasteiger partial charge in [0.15, 0.2) is 0 Å². The summed E-state index contributed by atoms with van der Waals surface area (Å²) in [6.45, 7) is 3.76. The molecule has 4 heteroatoms. The van der Waals surface area contributed by atoms with Crippen LogP contribution in [0.1, 0.15) is 29.2 Å². The minimum absolute atomic E-state index is 0.0307. The summed E-state index contributed by atoms with van der Waals surface area (Å²) in [5.74, 6) is 0. The second-order valence-electron chi connectivity index (χ2n) is 4.62. The standard InChI is InChI=1S/C14H19N3S/c1-11(15)14-16-13(10-18-14)9-17(2)8-12-6-4-3-5-7-12/h3-7,10-11H,8-9,15H2,1-2H3. The Labute approximate surface area is 112 Å². The quantitative estimate of drug-likeness (QED) is 0.900. The lowest BCUT2D eigenvalue weighted by Gasteiger charge is -2.15. The van der Waals surface area contributed by atoms with Gasteiger partial charge in [-0.15, -0.1) is 11.3 Å². The van der Waals surface area contributed by atoms with E-state index in [9.17, 15) is 0 Å². The van der Waals surface area contributed by atoms with Crippen molar-refractivity contribution in [1.29, 1.82) is 0 Å². The summed E-state index contributed by atoms with van der Waals surface area (Å²) in [5, 5.41) is 3.11. The number of benzene rings is 1. The Bertz CT molecular complexity index is 479. The van der Waals surface area contributed by atoms with Gasteiger partial charge in [0.05, 0.1) is 11.7 Å². The monoisotopic (exact) mass is 261 g/mol. The van der Waals surface area contributed by atoms with E-state index in [-0.39, 0.29) is 6.04 Å². The maximum Gasteiger partial charge on any atom is 0.109 e. The molecule has 2 rings (SSSR count). The summed E-state index contributed by atoms with van der Waals surface area (Å²) in [4.78, 5) is 6.80. The largest absolute Gasteiger partial charge is 0.322 e. The van der Waals surface area contributed by atoms with Gasteiger partial charge in [0.1, 0.15) is 5.01 Å². The zero-order valence-electron chi connectivity index (χ0n) is 10.8. The molecule has 0 aliphatic heterocycles. The van der Waals surface area contributed by atoms with Crippen LogP contribution < -0.4 is 5.73 Å². The van der Waals surface area contributed by atoms with Crippen molar-refractivity contribution in [1.82, 2.24) is 9.88 Å². The number of nitrogens with zero attached hydrogens (tertiary/aromatic N) is 2. The molecule has 0 radical (unpaired) electrons. The van der Waals surface area contributed by atoms with Gasteiger partial charge in [-0.1, -0.05) is 30.3 Å². The molecule has 0 amide bonds. The number of rotatable bonds is 5. The van der Waals surface area contributed by atoms with Gasteiger partial charge >= 0.3 is 0 Å². The summed E-state index contributed by atoms with van der Waals surface area (Å²) in [5.41, 5.74) is 8.24. The van der Waals surface area contributed by atoms with E-state index in [0.717, 1.165) is 23.8 Å². The van der Waals surface area contributed by atoms with Crippen molar-refractivity contribution in [3.05, 3.63) is 52.0 Å². The molecule has 18 heavy (non-hydrogen) atoms. The van der Waals surface area contributed by atoms with Crippen molar-refractivity contribution >= 4 is 11.3 Å². The van der Waals surface area contributed by atoms with E-state index in [0.29, 0.717) is 0 Å². The fourth-order valence-corrected chi connectivity index (χ4v) is 2.60. The van der Waals surface area contributed by atoms with Gasteiger partial charge in [-0.25, -0.2) is 4.98 Å². The Hall–Kier alpha value is -1.23. The molecule has 0 fully saturated rings. The van der Waals surface area contributed by atoms with Crippen LogP contribution in [0.3, 0.4) is 0 Å². The average Bonchev–Trinajstić information content (AvgIpc) is 2.78. The van der Waals surface area contributed by atoms with Crippen LogP contribution in [0.25, 0.3) is 0 Å². The van der Waals surface area contributed by atoms with Crippen LogP contribution in [0.4, 0.5) is 0 Å². The van der Waals surface area contributed by atoms with E-state index in [1.165, 1.54) is 5.56 Å². The van der Waals surface area contributed by atoms with Crippen molar-refractivity contribution in [3.63, 3.8) is 0 Å². The highest BCUT2D eigenvalue weighted by Crippen LogP contribution is 2.17.